The lowest BCUT2D eigenvalue weighted by molar-refractivity contribution is -0.384. The van der Waals surface area contributed by atoms with Crippen molar-refractivity contribution in [3.63, 3.8) is 0 Å². The molecule has 0 radical (unpaired) electrons. The van der Waals surface area contributed by atoms with Crippen molar-refractivity contribution in [1.82, 2.24) is 8.87 Å². The van der Waals surface area contributed by atoms with Crippen molar-refractivity contribution < 1.29 is 22.6 Å². The lowest BCUT2D eigenvalue weighted by Gasteiger charge is -2.29. The third kappa shape index (κ3) is 4.08. The number of nitro groups is 1. The van der Waals surface area contributed by atoms with Crippen molar-refractivity contribution in [3.05, 3.63) is 68.7 Å². The minimum absolute atomic E-state index is 0.0189. The highest BCUT2D eigenvalue weighted by Crippen LogP contribution is 2.26. The molecular weight excluding hydrogens is 438 g/mol. The topological polar surface area (TPSA) is 133 Å². The average Bonchev–Trinajstić information content (AvgIpc) is 3.08. The normalized spacial score (nSPS) is 15.8. The lowest BCUT2D eigenvalue weighted by Crippen LogP contribution is -2.37. The van der Waals surface area contributed by atoms with Gasteiger partial charge in [-0.2, -0.15) is 4.31 Å². The zero-order valence-electron chi connectivity index (χ0n) is 17.3. The Hall–Kier alpha value is -3.31. The van der Waals surface area contributed by atoms with Crippen molar-refractivity contribution in [1.29, 1.82) is 0 Å². The number of nitro benzene ring substituents is 1. The monoisotopic (exact) mass is 459 g/mol. The first-order valence-corrected chi connectivity index (χ1v) is 11.5. The van der Waals surface area contributed by atoms with E-state index < -0.39 is 33.0 Å². The fraction of sp³-hybridized carbons (Fsp3) is 0.333. The number of sulfonamides is 1. The summed E-state index contributed by atoms with van der Waals surface area (Å²) in [7, 11) is -3.73. The van der Waals surface area contributed by atoms with Gasteiger partial charge in [0, 0.05) is 36.9 Å². The molecule has 1 aliphatic heterocycles. The van der Waals surface area contributed by atoms with Crippen LogP contribution in [-0.2, 0) is 16.6 Å². The van der Waals surface area contributed by atoms with Gasteiger partial charge in [0.05, 0.1) is 21.9 Å². The second-order valence-corrected chi connectivity index (χ2v) is 9.84. The van der Waals surface area contributed by atoms with E-state index in [0.717, 1.165) is 23.5 Å². The first kappa shape index (κ1) is 21.9. The molecule has 1 saturated heterocycles. The Balaban J connectivity index is 1.63. The van der Waals surface area contributed by atoms with E-state index in [1.54, 1.807) is 0 Å². The Kier molecular flexibility index (Phi) is 5.70. The molecule has 1 fully saturated rings. The lowest BCUT2D eigenvalue weighted by atomic mass is 10.0. The summed E-state index contributed by atoms with van der Waals surface area (Å²) in [6.45, 7) is 2.56. The number of oxazole rings is 1. The Labute approximate surface area is 183 Å². The van der Waals surface area contributed by atoms with Crippen molar-refractivity contribution in [2.75, 3.05) is 13.1 Å². The molecule has 10 nitrogen and oxygen atoms in total. The summed E-state index contributed by atoms with van der Waals surface area (Å²) in [6, 6.07) is 9.33. The van der Waals surface area contributed by atoms with Crippen LogP contribution in [0.3, 0.4) is 0 Å². The summed E-state index contributed by atoms with van der Waals surface area (Å²) >= 11 is 0. The predicted molar refractivity (Wildman–Crippen MR) is 115 cm³/mol. The maximum absolute atomic E-state index is 13.0. The SMILES string of the molecule is CC1CCN(S(=O)(=O)c2ccc3c(c2)oc(=O)n3CC(=O)c2cccc([N+](=O)[O-])c2)CC1. The van der Waals surface area contributed by atoms with Gasteiger partial charge in [0.1, 0.15) is 0 Å². The van der Waals surface area contributed by atoms with Crippen LogP contribution >= 0.6 is 0 Å². The molecule has 32 heavy (non-hydrogen) atoms. The Morgan fingerprint density at radius 2 is 1.91 bits per heavy atom. The van der Waals surface area contributed by atoms with E-state index >= 15 is 0 Å². The zero-order chi connectivity index (χ0) is 23.0. The number of rotatable bonds is 6. The first-order valence-electron chi connectivity index (χ1n) is 10.1. The average molecular weight is 459 g/mol. The Morgan fingerprint density at radius 1 is 1.19 bits per heavy atom. The molecule has 0 unspecified atom stereocenters. The molecule has 0 aliphatic carbocycles. The smallest absolute Gasteiger partial charge is 0.408 e. The molecule has 11 heteroatoms. The number of non-ortho nitro benzene ring substituents is 1. The molecule has 2 heterocycles. The van der Waals surface area contributed by atoms with Gasteiger partial charge < -0.3 is 4.42 Å². The van der Waals surface area contributed by atoms with Crippen LogP contribution in [0, 0.1) is 16.0 Å². The zero-order valence-corrected chi connectivity index (χ0v) is 18.1. The highest BCUT2D eigenvalue weighted by molar-refractivity contribution is 7.89. The van der Waals surface area contributed by atoms with E-state index in [0.29, 0.717) is 19.0 Å². The summed E-state index contributed by atoms with van der Waals surface area (Å²) in [5, 5.41) is 10.9. The number of Topliss-reactive ketones (excluding diaryl/α,β-unsaturated/α-hetero) is 1. The fourth-order valence-electron chi connectivity index (χ4n) is 3.76. The van der Waals surface area contributed by atoms with Gasteiger partial charge in [-0.25, -0.2) is 13.2 Å². The van der Waals surface area contributed by atoms with Gasteiger partial charge in [-0.05, 0) is 30.9 Å². The molecule has 168 valence electrons. The number of ketones is 1. The summed E-state index contributed by atoms with van der Waals surface area (Å²) < 4.78 is 33.6. The molecule has 3 aromatic rings. The number of nitrogens with zero attached hydrogens (tertiary/aromatic N) is 3. The van der Waals surface area contributed by atoms with Crippen LogP contribution in [0.4, 0.5) is 5.69 Å². The molecular formula is C21H21N3O7S. The predicted octanol–water partition coefficient (Wildman–Crippen LogP) is 2.81. The van der Waals surface area contributed by atoms with Crippen molar-refractivity contribution >= 4 is 32.6 Å². The highest BCUT2D eigenvalue weighted by atomic mass is 32.2. The molecule has 4 rings (SSSR count). The fourth-order valence-corrected chi connectivity index (χ4v) is 5.24. The number of carbonyl (C=O) groups excluding carboxylic acids is 1. The van der Waals surface area contributed by atoms with Crippen LogP contribution in [0.15, 0.2) is 56.6 Å². The molecule has 0 spiro atoms. The van der Waals surface area contributed by atoms with Crippen LogP contribution in [0.5, 0.6) is 0 Å². The van der Waals surface area contributed by atoms with E-state index in [1.165, 1.54) is 40.7 Å². The van der Waals surface area contributed by atoms with Crippen LogP contribution in [-0.4, -0.2) is 41.1 Å². The summed E-state index contributed by atoms with van der Waals surface area (Å²) in [4.78, 5) is 35.3. The van der Waals surface area contributed by atoms with E-state index in [-0.39, 0.29) is 27.2 Å². The number of benzene rings is 2. The van der Waals surface area contributed by atoms with Gasteiger partial charge in [0.15, 0.2) is 11.4 Å². The summed E-state index contributed by atoms with van der Waals surface area (Å²) in [5.41, 5.74) is 0.162. The first-order chi connectivity index (χ1) is 15.2. The molecule has 0 atom stereocenters. The third-order valence-electron chi connectivity index (χ3n) is 5.70. The second kappa shape index (κ2) is 8.32. The maximum Gasteiger partial charge on any atom is 0.420 e. The van der Waals surface area contributed by atoms with Gasteiger partial charge >= 0.3 is 5.76 Å². The van der Waals surface area contributed by atoms with Crippen molar-refractivity contribution in [2.24, 2.45) is 5.92 Å². The standard InChI is InChI=1S/C21H21N3O7S/c1-14-7-9-22(10-8-14)32(29,30)17-5-6-18-20(12-17)31-21(26)23(18)13-19(25)15-3-2-4-16(11-15)24(27)28/h2-6,11-12,14H,7-10,13H2,1H3. The molecule has 0 saturated carbocycles. The Morgan fingerprint density at radius 3 is 2.59 bits per heavy atom. The number of aromatic nitrogens is 1. The van der Waals surface area contributed by atoms with Crippen molar-refractivity contribution in [2.45, 2.75) is 31.2 Å². The maximum atomic E-state index is 13.0. The number of fused-ring (bicyclic) bond motifs is 1. The number of piperidine rings is 1. The van der Waals surface area contributed by atoms with E-state index in [2.05, 4.69) is 6.92 Å². The van der Waals surface area contributed by atoms with Gasteiger partial charge in [-0.3, -0.25) is 19.5 Å². The number of carbonyl (C=O) groups is 1. The van der Waals surface area contributed by atoms with Crippen LogP contribution in [0.1, 0.15) is 30.1 Å². The minimum atomic E-state index is -3.73. The molecule has 0 amide bonds. The van der Waals surface area contributed by atoms with Crippen LogP contribution in [0.25, 0.3) is 11.1 Å². The molecule has 1 aromatic heterocycles. The molecule has 2 aromatic carbocycles. The van der Waals surface area contributed by atoms with Crippen molar-refractivity contribution in [3.8, 4) is 0 Å². The van der Waals surface area contributed by atoms with E-state index in [9.17, 15) is 28.1 Å². The van der Waals surface area contributed by atoms with E-state index in [1.807, 2.05) is 0 Å². The van der Waals surface area contributed by atoms with Gasteiger partial charge in [-0.1, -0.05) is 19.1 Å². The highest BCUT2D eigenvalue weighted by Gasteiger charge is 2.29. The largest absolute Gasteiger partial charge is 0.420 e. The second-order valence-electron chi connectivity index (χ2n) is 7.90. The quantitative estimate of drug-likeness (QED) is 0.314. The van der Waals surface area contributed by atoms with Gasteiger partial charge in [0.25, 0.3) is 5.69 Å². The number of hydrogen-bond donors (Lipinski definition) is 0. The van der Waals surface area contributed by atoms with Crippen LogP contribution in [0.2, 0.25) is 0 Å². The van der Waals surface area contributed by atoms with Gasteiger partial charge in [-0.15, -0.1) is 0 Å². The summed E-state index contributed by atoms with van der Waals surface area (Å²) in [6.07, 6.45) is 1.57. The molecule has 0 N–H and O–H groups in total. The minimum Gasteiger partial charge on any atom is -0.408 e. The van der Waals surface area contributed by atoms with Gasteiger partial charge in [0.2, 0.25) is 10.0 Å². The number of hydrogen-bond acceptors (Lipinski definition) is 7. The Bertz CT molecular complexity index is 1370. The third-order valence-corrected chi connectivity index (χ3v) is 7.60. The van der Waals surface area contributed by atoms with Crippen LogP contribution < -0.4 is 5.76 Å². The molecule has 0 bridgehead atoms. The molecule has 1 aliphatic rings. The van der Waals surface area contributed by atoms with E-state index in [4.69, 9.17) is 4.42 Å². The summed E-state index contributed by atoms with van der Waals surface area (Å²) in [5.74, 6) is -0.864.